The lowest BCUT2D eigenvalue weighted by Crippen LogP contribution is -2.20. The summed E-state index contributed by atoms with van der Waals surface area (Å²) < 4.78 is 16.2. The zero-order valence-electron chi connectivity index (χ0n) is 15.6. The number of benzene rings is 3. The van der Waals surface area contributed by atoms with Crippen LogP contribution in [0, 0.1) is 0 Å². The number of methoxy groups -OCH3 is 2. The van der Waals surface area contributed by atoms with Crippen molar-refractivity contribution in [3.63, 3.8) is 0 Å². The minimum Gasteiger partial charge on any atom is -0.495 e. The molecule has 0 spiro atoms. The molecule has 144 valence electrons. The van der Waals surface area contributed by atoms with E-state index in [2.05, 4.69) is 5.32 Å². The Kier molecular flexibility index (Phi) is 6.40. The summed E-state index contributed by atoms with van der Waals surface area (Å²) in [5, 5.41) is 3.12. The molecule has 28 heavy (non-hydrogen) atoms. The van der Waals surface area contributed by atoms with Crippen LogP contribution in [0.15, 0.2) is 66.7 Å². The van der Waals surface area contributed by atoms with Gasteiger partial charge in [0, 0.05) is 11.6 Å². The predicted molar refractivity (Wildman–Crippen MR) is 111 cm³/mol. The van der Waals surface area contributed by atoms with Crippen LogP contribution < -0.4 is 19.5 Å². The first kappa shape index (κ1) is 19.6. The van der Waals surface area contributed by atoms with E-state index in [1.807, 2.05) is 54.6 Å². The van der Waals surface area contributed by atoms with E-state index in [1.54, 1.807) is 12.1 Å². The number of hydrogen-bond acceptors (Lipinski definition) is 4. The van der Waals surface area contributed by atoms with E-state index in [0.717, 1.165) is 11.1 Å². The highest BCUT2D eigenvalue weighted by Gasteiger charge is 2.14. The van der Waals surface area contributed by atoms with Crippen LogP contribution in [0.1, 0.15) is 0 Å². The SMILES string of the molecule is COc1cc(OC)c(NC(=O)COc2ccccc2-c2ccccc2)cc1Cl. The molecule has 0 unspecified atom stereocenters. The van der Waals surface area contributed by atoms with Crippen LogP contribution in [-0.4, -0.2) is 26.7 Å². The highest BCUT2D eigenvalue weighted by Crippen LogP contribution is 2.36. The van der Waals surface area contributed by atoms with Gasteiger partial charge in [0.2, 0.25) is 0 Å². The Hall–Kier alpha value is -3.18. The first-order valence-corrected chi connectivity index (χ1v) is 8.98. The van der Waals surface area contributed by atoms with Crippen LogP contribution >= 0.6 is 11.6 Å². The van der Waals surface area contributed by atoms with Crippen molar-refractivity contribution in [2.75, 3.05) is 26.1 Å². The molecule has 0 aliphatic rings. The lowest BCUT2D eigenvalue weighted by Gasteiger charge is -2.14. The van der Waals surface area contributed by atoms with Gasteiger partial charge in [-0.25, -0.2) is 0 Å². The largest absolute Gasteiger partial charge is 0.495 e. The molecule has 1 amide bonds. The first-order valence-electron chi connectivity index (χ1n) is 8.61. The highest BCUT2D eigenvalue weighted by atomic mass is 35.5. The van der Waals surface area contributed by atoms with Crippen LogP contribution in [0.2, 0.25) is 5.02 Å². The standard InChI is InChI=1S/C22H20ClNO4/c1-26-20-13-21(27-2)18(12-17(20)23)24-22(25)14-28-19-11-7-6-10-16(19)15-8-4-3-5-9-15/h3-13H,14H2,1-2H3,(H,24,25). The Morgan fingerprint density at radius 3 is 2.29 bits per heavy atom. The zero-order valence-corrected chi connectivity index (χ0v) is 16.3. The smallest absolute Gasteiger partial charge is 0.262 e. The maximum absolute atomic E-state index is 12.4. The average Bonchev–Trinajstić information content (AvgIpc) is 2.73. The molecule has 5 nitrogen and oxygen atoms in total. The van der Waals surface area contributed by atoms with Crippen molar-refractivity contribution in [1.29, 1.82) is 0 Å². The number of para-hydroxylation sites is 1. The molecular formula is C22H20ClNO4. The molecule has 3 aromatic rings. The highest BCUT2D eigenvalue weighted by molar-refractivity contribution is 6.32. The number of halogens is 1. The van der Waals surface area contributed by atoms with E-state index in [9.17, 15) is 4.79 Å². The Morgan fingerprint density at radius 1 is 0.893 bits per heavy atom. The van der Waals surface area contributed by atoms with Crippen molar-refractivity contribution in [2.24, 2.45) is 0 Å². The molecule has 0 aromatic heterocycles. The molecule has 3 aromatic carbocycles. The molecule has 0 fully saturated rings. The fourth-order valence-corrected chi connectivity index (χ4v) is 2.98. The molecule has 0 heterocycles. The monoisotopic (exact) mass is 397 g/mol. The van der Waals surface area contributed by atoms with E-state index in [4.69, 9.17) is 25.8 Å². The van der Waals surface area contributed by atoms with Gasteiger partial charge >= 0.3 is 0 Å². The van der Waals surface area contributed by atoms with E-state index < -0.39 is 0 Å². The summed E-state index contributed by atoms with van der Waals surface area (Å²) >= 11 is 6.14. The maximum atomic E-state index is 12.4. The Balaban J connectivity index is 1.72. The van der Waals surface area contributed by atoms with E-state index in [0.29, 0.717) is 28.0 Å². The second kappa shape index (κ2) is 9.15. The van der Waals surface area contributed by atoms with Crippen LogP contribution in [0.25, 0.3) is 11.1 Å². The van der Waals surface area contributed by atoms with Gasteiger partial charge in [0.1, 0.15) is 17.2 Å². The molecule has 0 radical (unpaired) electrons. The Labute approximate surface area is 168 Å². The summed E-state index contributed by atoms with van der Waals surface area (Å²) in [5.41, 5.74) is 2.38. The molecule has 0 saturated heterocycles. The maximum Gasteiger partial charge on any atom is 0.262 e. The van der Waals surface area contributed by atoms with Gasteiger partial charge in [-0.3, -0.25) is 4.79 Å². The van der Waals surface area contributed by atoms with Crippen LogP contribution in [0.5, 0.6) is 17.2 Å². The lowest BCUT2D eigenvalue weighted by molar-refractivity contribution is -0.118. The van der Waals surface area contributed by atoms with Gasteiger partial charge in [0.25, 0.3) is 5.91 Å². The summed E-state index contributed by atoms with van der Waals surface area (Å²) in [7, 11) is 3.02. The second-order valence-corrected chi connectivity index (χ2v) is 6.29. The number of hydrogen-bond donors (Lipinski definition) is 1. The Morgan fingerprint density at radius 2 is 1.57 bits per heavy atom. The topological polar surface area (TPSA) is 56.8 Å². The summed E-state index contributed by atoms with van der Waals surface area (Å²) in [4.78, 5) is 12.4. The number of nitrogens with one attached hydrogen (secondary N) is 1. The molecule has 6 heteroatoms. The predicted octanol–water partition coefficient (Wildman–Crippen LogP) is 5.04. The molecule has 0 aliphatic heterocycles. The minimum atomic E-state index is -0.331. The van der Waals surface area contributed by atoms with Crippen LogP contribution in [0.3, 0.4) is 0 Å². The summed E-state index contributed by atoms with van der Waals surface area (Å²) in [6.07, 6.45) is 0. The Bertz CT molecular complexity index is 960. The van der Waals surface area contributed by atoms with E-state index >= 15 is 0 Å². The summed E-state index contributed by atoms with van der Waals surface area (Å²) in [6.45, 7) is -0.156. The molecule has 3 rings (SSSR count). The van der Waals surface area contributed by atoms with Crippen molar-refractivity contribution >= 4 is 23.2 Å². The molecular weight excluding hydrogens is 378 g/mol. The fourth-order valence-electron chi connectivity index (χ4n) is 2.74. The second-order valence-electron chi connectivity index (χ2n) is 5.89. The zero-order chi connectivity index (χ0) is 19.9. The van der Waals surface area contributed by atoms with Crippen molar-refractivity contribution in [1.82, 2.24) is 0 Å². The van der Waals surface area contributed by atoms with E-state index in [-0.39, 0.29) is 12.5 Å². The minimum absolute atomic E-state index is 0.156. The van der Waals surface area contributed by atoms with Gasteiger partial charge in [0.15, 0.2) is 6.61 Å². The third-order valence-corrected chi connectivity index (χ3v) is 4.37. The molecule has 0 bridgehead atoms. The summed E-state index contributed by atoms with van der Waals surface area (Å²) in [6, 6.07) is 20.6. The molecule has 1 N–H and O–H groups in total. The van der Waals surface area contributed by atoms with Gasteiger partial charge in [0.05, 0.1) is 24.9 Å². The lowest BCUT2D eigenvalue weighted by atomic mass is 10.1. The van der Waals surface area contributed by atoms with Crippen LogP contribution in [-0.2, 0) is 4.79 Å². The molecule has 0 atom stereocenters. The van der Waals surface area contributed by atoms with Gasteiger partial charge in [-0.15, -0.1) is 0 Å². The quantitative estimate of drug-likeness (QED) is 0.606. The number of ether oxygens (including phenoxy) is 3. The normalized spacial score (nSPS) is 10.2. The van der Waals surface area contributed by atoms with Crippen molar-refractivity contribution < 1.29 is 19.0 Å². The van der Waals surface area contributed by atoms with Gasteiger partial charge in [-0.05, 0) is 17.7 Å². The number of rotatable bonds is 7. The number of carbonyl (C=O) groups is 1. The third-order valence-electron chi connectivity index (χ3n) is 4.08. The average molecular weight is 398 g/mol. The summed E-state index contributed by atoms with van der Waals surface area (Å²) in [5.74, 6) is 1.20. The fraction of sp³-hybridized carbons (Fsp3) is 0.136. The van der Waals surface area contributed by atoms with Crippen molar-refractivity contribution in [3.8, 4) is 28.4 Å². The molecule has 0 aliphatic carbocycles. The van der Waals surface area contributed by atoms with Crippen molar-refractivity contribution in [2.45, 2.75) is 0 Å². The van der Waals surface area contributed by atoms with Crippen molar-refractivity contribution in [3.05, 3.63) is 71.8 Å². The van der Waals surface area contributed by atoms with Crippen LogP contribution in [0.4, 0.5) is 5.69 Å². The first-order chi connectivity index (χ1) is 13.6. The van der Waals surface area contributed by atoms with Gasteiger partial charge < -0.3 is 19.5 Å². The number of carbonyl (C=O) groups excluding carboxylic acids is 1. The number of amides is 1. The van der Waals surface area contributed by atoms with Gasteiger partial charge in [-0.2, -0.15) is 0 Å². The third kappa shape index (κ3) is 4.56. The molecule has 0 saturated carbocycles. The van der Waals surface area contributed by atoms with E-state index in [1.165, 1.54) is 14.2 Å². The number of anilines is 1. The van der Waals surface area contributed by atoms with Gasteiger partial charge in [-0.1, -0.05) is 60.1 Å².